The van der Waals surface area contributed by atoms with E-state index in [1.807, 2.05) is 0 Å². The van der Waals surface area contributed by atoms with Crippen LogP contribution >= 0.6 is 0 Å². The Bertz CT molecular complexity index is 416. The van der Waals surface area contributed by atoms with E-state index in [4.69, 9.17) is 4.74 Å². The van der Waals surface area contributed by atoms with Crippen LogP contribution in [0.3, 0.4) is 0 Å². The maximum Gasteiger partial charge on any atom is 0.121 e. The van der Waals surface area contributed by atoms with E-state index in [1.54, 1.807) is 7.11 Å². The van der Waals surface area contributed by atoms with Gasteiger partial charge in [0.05, 0.1) is 7.11 Å². The summed E-state index contributed by atoms with van der Waals surface area (Å²) < 4.78 is 5.31. The minimum Gasteiger partial charge on any atom is -0.496 e. The normalized spacial score (nSPS) is 16.6. The summed E-state index contributed by atoms with van der Waals surface area (Å²) in [6.45, 7) is 9.98. The number of likely N-dealkylation sites (N-methyl/N-ethyl adjacent to an activating group) is 1. The van der Waals surface area contributed by atoms with Gasteiger partial charge in [-0.3, -0.25) is 4.90 Å². The predicted octanol–water partition coefficient (Wildman–Crippen LogP) is 1.34. The molecule has 4 heteroatoms. The molecule has 1 aliphatic heterocycles. The van der Waals surface area contributed by atoms with Gasteiger partial charge in [0.1, 0.15) is 5.75 Å². The third-order valence-corrected chi connectivity index (χ3v) is 3.92. The standard InChI is InChI=1S/C16H27N3O/c1-14-12-15(4-5-16(14)20-3)13-18(2)10-11-19-8-6-17-7-9-19/h4-5,12,17H,6-11,13H2,1-3H3. The summed E-state index contributed by atoms with van der Waals surface area (Å²) in [5, 5.41) is 3.39. The number of aryl methyl sites for hydroxylation is 1. The number of hydrogen-bond donors (Lipinski definition) is 1. The molecule has 0 aliphatic carbocycles. The van der Waals surface area contributed by atoms with E-state index in [1.165, 1.54) is 24.2 Å². The summed E-state index contributed by atoms with van der Waals surface area (Å²) in [4.78, 5) is 4.93. The molecule has 0 spiro atoms. The quantitative estimate of drug-likeness (QED) is 0.849. The highest BCUT2D eigenvalue weighted by molar-refractivity contribution is 5.36. The van der Waals surface area contributed by atoms with Crippen LogP contribution in [0.15, 0.2) is 18.2 Å². The van der Waals surface area contributed by atoms with Gasteiger partial charge in [0.15, 0.2) is 0 Å². The monoisotopic (exact) mass is 277 g/mol. The fourth-order valence-corrected chi connectivity index (χ4v) is 2.68. The lowest BCUT2D eigenvalue weighted by Crippen LogP contribution is -2.45. The van der Waals surface area contributed by atoms with Gasteiger partial charge in [-0.1, -0.05) is 12.1 Å². The first-order valence-corrected chi connectivity index (χ1v) is 7.44. The average molecular weight is 277 g/mol. The molecular weight excluding hydrogens is 250 g/mol. The molecule has 4 nitrogen and oxygen atoms in total. The topological polar surface area (TPSA) is 27.7 Å². The van der Waals surface area contributed by atoms with E-state index >= 15 is 0 Å². The molecule has 112 valence electrons. The van der Waals surface area contributed by atoms with Crippen LogP contribution in [-0.2, 0) is 6.54 Å². The van der Waals surface area contributed by atoms with Crippen LogP contribution in [0, 0.1) is 6.92 Å². The highest BCUT2D eigenvalue weighted by Crippen LogP contribution is 2.19. The van der Waals surface area contributed by atoms with Gasteiger partial charge in [-0.05, 0) is 31.2 Å². The van der Waals surface area contributed by atoms with Gasteiger partial charge < -0.3 is 15.0 Å². The zero-order valence-electron chi connectivity index (χ0n) is 13.0. The summed E-state index contributed by atoms with van der Waals surface area (Å²) in [6, 6.07) is 6.45. The molecule has 1 aromatic rings. The lowest BCUT2D eigenvalue weighted by atomic mass is 10.1. The second-order valence-corrected chi connectivity index (χ2v) is 5.63. The Kier molecular flexibility index (Phi) is 5.83. The first-order chi connectivity index (χ1) is 9.69. The number of benzene rings is 1. The van der Waals surface area contributed by atoms with E-state index in [2.05, 4.69) is 47.3 Å². The molecule has 2 rings (SSSR count). The first-order valence-electron chi connectivity index (χ1n) is 7.44. The van der Waals surface area contributed by atoms with Gasteiger partial charge in [0.25, 0.3) is 0 Å². The van der Waals surface area contributed by atoms with Gasteiger partial charge in [-0.25, -0.2) is 0 Å². The number of hydrogen-bond acceptors (Lipinski definition) is 4. The number of piperazine rings is 1. The van der Waals surface area contributed by atoms with Crippen LogP contribution in [-0.4, -0.2) is 63.2 Å². The molecule has 0 amide bonds. The first kappa shape index (κ1) is 15.3. The van der Waals surface area contributed by atoms with Crippen molar-refractivity contribution in [1.29, 1.82) is 0 Å². The number of rotatable bonds is 6. The van der Waals surface area contributed by atoms with Crippen LogP contribution in [0.25, 0.3) is 0 Å². The Morgan fingerprint density at radius 1 is 1.30 bits per heavy atom. The van der Waals surface area contributed by atoms with Crippen LogP contribution in [0.1, 0.15) is 11.1 Å². The predicted molar refractivity (Wildman–Crippen MR) is 83.4 cm³/mol. The molecule has 0 saturated carbocycles. The highest BCUT2D eigenvalue weighted by Gasteiger charge is 2.10. The summed E-state index contributed by atoms with van der Waals surface area (Å²) in [5.41, 5.74) is 2.56. The Morgan fingerprint density at radius 2 is 2.05 bits per heavy atom. The summed E-state index contributed by atoms with van der Waals surface area (Å²) >= 11 is 0. The fourth-order valence-electron chi connectivity index (χ4n) is 2.68. The SMILES string of the molecule is COc1ccc(CN(C)CCN2CCNCC2)cc1C. The van der Waals surface area contributed by atoms with Crippen LogP contribution in [0.5, 0.6) is 5.75 Å². The van der Waals surface area contributed by atoms with Crippen molar-refractivity contribution in [3.63, 3.8) is 0 Å². The summed E-state index contributed by atoms with van der Waals surface area (Å²) in [7, 11) is 3.92. The van der Waals surface area contributed by atoms with Crippen molar-refractivity contribution in [1.82, 2.24) is 15.1 Å². The lowest BCUT2D eigenvalue weighted by Gasteiger charge is -2.29. The van der Waals surface area contributed by atoms with Gasteiger partial charge in [0, 0.05) is 45.8 Å². The largest absolute Gasteiger partial charge is 0.496 e. The molecule has 1 aliphatic rings. The molecule has 1 heterocycles. The van der Waals surface area contributed by atoms with E-state index in [-0.39, 0.29) is 0 Å². The molecule has 0 aromatic heterocycles. The third-order valence-electron chi connectivity index (χ3n) is 3.92. The Hall–Kier alpha value is -1.10. The average Bonchev–Trinajstić information content (AvgIpc) is 2.46. The molecule has 0 atom stereocenters. The van der Waals surface area contributed by atoms with Crippen LogP contribution in [0.4, 0.5) is 0 Å². The van der Waals surface area contributed by atoms with Crippen LogP contribution < -0.4 is 10.1 Å². The van der Waals surface area contributed by atoms with Crippen LogP contribution in [0.2, 0.25) is 0 Å². The molecule has 20 heavy (non-hydrogen) atoms. The molecule has 1 saturated heterocycles. The van der Waals surface area contributed by atoms with Crippen molar-refractivity contribution in [3.8, 4) is 5.75 Å². The van der Waals surface area contributed by atoms with E-state index in [9.17, 15) is 0 Å². The van der Waals surface area contributed by atoms with Crippen molar-refractivity contribution in [2.24, 2.45) is 0 Å². The van der Waals surface area contributed by atoms with Gasteiger partial charge in [0.2, 0.25) is 0 Å². The molecule has 0 bridgehead atoms. The zero-order valence-corrected chi connectivity index (χ0v) is 13.0. The molecule has 1 fully saturated rings. The van der Waals surface area contributed by atoms with E-state index < -0.39 is 0 Å². The zero-order chi connectivity index (χ0) is 14.4. The van der Waals surface area contributed by atoms with E-state index in [0.29, 0.717) is 0 Å². The van der Waals surface area contributed by atoms with Gasteiger partial charge in [-0.2, -0.15) is 0 Å². The Balaban J connectivity index is 1.78. The fraction of sp³-hybridized carbons (Fsp3) is 0.625. The van der Waals surface area contributed by atoms with Gasteiger partial charge >= 0.3 is 0 Å². The molecule has 1 N–H and O–H groups in total. The summed E-state index contributed by atoms with van der Waals surface area (Å²) in [5.74, 6) is 0.970. The maximum atomic E-state index is 5.31. The van der Waals surface area contributed by atoms with Gasteiger partial charge in [-0.15, -0.1) is 0 Å². The smallest absolute Gasteiger partial charge is 0.121 e. The minimum absolute atomic E-state index is 0.970. The number of methoxy groups -OCH3 is 1. The Morgan fingerprint density at radius 3 is 2.70 bits per heavy atom. The number of nitrogens with one attached hydrogen (secondary N) is 1. The summed E-state index contributed by atoms with van der Waals surface area (Å²) in [6.07, 6.45) is 0. The van der Waals surface area contributed by atoms with Crippen molar-refractivity contribution >= 4 is 0 Å². The lowest BCUT2D eigenvalue weighted by molar-refractivity contribution is 0.202. The minimum atomic E-state index is 0.970. The molecule has 0 radical (unpaired) electrons. The third kappa shape index (κ3) is 4.47. The Labute approximate surface area is 122 Å². The van der Waals surface area contributed by atoms with E-state index in [0.717, 1.165) is 38.5 Å². The highest BCUT2D eigenvalue weighted by atomic mass is 16.5. The maximum absolute atomic E-state index is 5.31. The second kappa shape index (κ2) is 7.62. The van der Waals surface area contributed by atoms with Crippen molar-refractivity contribution in [2.45, 2.75) is 13.5 Å². The molecular formula is C16H27N3O. The molecule has 0 unspecified atom stereocenters. The number of ether oxygens (including phenoxy) is 1. The van der Waals surface area contributed by atoms with Crippen molar-refractivity contribution in [3.05, 3.63) is 29.3 Å². The number of nitrogens with zero attached hydrogens (tertiary/aromatic N) is 2. The van der Waals surface area contributed by atoms with Crippen molar-refractivity contribution < 1.29 is 4.74 Å². The second-order valence-electron chi connectivity index (χ2n) is 5.63. The van der Waals surface area contributed by atoms with Crippen molar-refractivity contribution in [2.75, 3.05) is 53.4 Å². The molecule has 1 aromatic carbocycles.